The summed E-state index contributed by atoms with van der Waals surface area (Å²) in [5.74, 6) is 3.28. The maximum absolute atomic E-state index is 2.79. The number of rotatable bonds is 8. The number of piperazine rings is 2. The summed E-state index contributed by atoms with van der Waals surface area (Å²) in [6.45, 7) is 41.4. The predicted molar refractivity (Wildman–Crippen MR) is 178 cm³/mol. The van der Waals surface area contributed by atoms with Crippen LogP contribution in [0.5, 0.6) is 0 Å². The van der Waals surface area contributed by atoms with Gasteiger partial charge in [-0.3, -0.25) is 14.7 Å². The van der Waals surface area contributed by atoms with Crippen LogP contribution in [0.2, 0.25) is 0 Å². The first-order chi connectivity index (χ1) is 18.5. The fourth-order valence-corrected chi connectivity index (χ4v) is 7.71. The van der Waals surface area contributed by atoms with E-state index >= 15 is 0 Å². The van der Waals surface area contributed by atoms with E-state index in [2.05, 4.69) is 77.1 Å². The standard InChI is InChI=1S/C15H31N2.C14H28N2.3C2H6/c1-12(2)8-16-9-14-6-7-15(10-16)17(14,5)11-13(3)4;1-11(2)7-15-9-13-5-6-14(10-15)16(13)8-12(3)4;3*1-2/h12-15H,6-11H2,1-5H3;11-14H,5-10H2,1-4H3;3*1-2H3/q+1;;;;. The molecule has 4 nitrogen and oxygen atoms in total. The monoisotopic (exact) mass is 554 g/mol. The van der Waals surface area contributed by atoms with Crippen molar-refractivity contribution in [2.75, 3.05) is 59.4 Å². The van der Waals surface area contributed by atoms with Gasteiger partial charge in [0, 0.05) is 63.6 Å². The van der Waals surface area contributed by atoms with Crippen LogP contribution in [0.25, 0.3) is 0 Å². The van der Waals surface area contributed by atoms with Gasteiger partial charge in [-0.2, -0.15) is 0 Å². The summed E-state index contributed by atoms with van der Waals surface area (Å²) >= 11 is 0. The van der Waals surface area contributed by atoms with Crippen LogP contribution in [0.4, 0.5) is 0 Å². The van der Waals surface area contributed by atoms with Crippen LogP contribution >= 0.6 is 0 Å². The van der Waals surface area contributed by atoms with Gasteiger partial charge in [-0.15, -0.1) is 0 Å². The van der Waals surface area contributed by atoms with E-state index < -0.39 is 0 Å². The highest BCUT2D eigenvalue weighted by Crippen LogP contribution is 2.37. The van der Waals surface area contributed by atoms with E-state index in [-0.39, 0.29) is 0 Å². The van der Waals surface area contributed by atoms with Crippen LogP contribution in [0, 0.1) is 23.7 Å². The zero-order chi connectivity index (χ0) is 30.3. The third kappa shape index (κ3) is 12.3. The predicted octanol–water partition coefficient (Wildman–Crippen LogP) is 8.12. The summed E-state index contributed by atoms with van der Waals surface area (Å²) < 4.78 is 1.37. The summed E-state index contributed by atoms with van der Waals surface area (Å²) in [4.78, 5) is 8.22. The van der Waals surface area contributed by atoms with E-state index in [0.717, 1.165) is 47.8 Å². The number of fused-ring (bicyclic) bond motifs is 4. The van der Waals surface area contributed by atoms with Crippen molar-refractivity contribution in [3.05, 3.63) is 0 Å². The second kappa shape index (κ2) is 19.9. The molecule has 4 saturated heterocycles. The first-order valence-corrected chi connectivity index (χ1v) is 17.5. The first-order valence-electron chi connectivity index (χ1n) is 17.5. The Labute approximate surface area is 248 Å². The van der Waals surface area contributed by atoms with Crippen molar-refractivity contribution in [2.24, 2.45) is 23.7 Å². The highest BCUT2D eigenvalue weighted by atomic mass is 15.5. The topological polar surface area (TPSA) is 9.72 Å². The number of quaternary nitrogens is 1. The number of likely N-dealkylation sites (N-methyl/N-ethyl adjacent to an activating group) is 1. The molecule has 4 aliphatic rings. The molecule has 0 amide bonds. The molecule has 0 aromatic carbocycles. The van der Waals surface area contributed by atoms with Crippen molar-refractivity contribution in [1.29, 1.82) is 0 Å². The van der Waals surface area contributed by atoms with Gasteiger partial charge in [0.05, 0.1) is 26.7 Å². The van der Waals surface area contributed by atoms with Gasteiger partial charge in [0.1, 0.15) is 12.1 Å². The number of nitrogens with zero attached hydrogens (tertiary/aromatic N) is 4. The van der Waals surface area contributed by atoms with Crippen LogP contribution in [0.15, 0.2) is 0 Å². The second-order valence-electron chi connectivity index (χ2n) is 14.0. The lowest BCUT2D eigenvalue weighted by Gasteiger charge is -2.49. The van der Waals surface area contributed by atoms with Crippen molar-refractivity contribution >= 4 is 0 Å². The molecule has 4 aliphatic heterocycles. The molecule has 4 bridgehead atoms. The Kier molecular flexibility index (Phi) is 19.8. The number of hydrogen-bond donors (Lipinski definition) is 0. The second-order valence-corrected chi connectivity index (χ2v) is 14.0. The molecule has 4 heteroatoms. The molecule has 4 rings (SSSR count). The maximum Gasteiger partial charge on any atom is 0.102 e. The minimum atomic E-state index is 0.816. The van der Waals surface area contributed by atoms with E-state index in [4.69, 9.17) is 0 Å². The Morgan fingerprint density at radius 2 is 0.872 bits per heavy atom. The third-order valence-corrected chi connectivity index (χ3v) is 8.73. The van der Waals surface area contributed by atoms with Crippen LogP contribution in [-0.2, 0) is 0 Å². The molecule has 0 aromatic rings. The van der Waals surface area contributed by atoms with Crippen molar-refractivity contribution in [2.45, 2.75) is 147 Å². The van der Waals surface area contributed by atoms with Crippen molar-refractivity contribution < 1.29 is 4.48 Å². The molecule has 4 unspecified atom stereocenters. The Morgan fingerprint density at radius 3 is 1.21 bits per heavy atom. The van der Waals surface area contributed by atoms with Gasteiger partial charge < -0.3 is 4.48 Å². The zero-order valence-corrected chi connectivity index (χ0v) is 29.9. The molecule has 236 valence electrons. The Morgan fingerprint density at radius 1 is 0.513 bits per heavy atom. The molecule has 0 aromatic heterocycles. The highest BCUT2D eigenvalue weighted by molar-refractivity contribution is 4.96. The Balaban J connectivity index is 0.000000623. The number of hydrogen-bond acceptors (Lipinski definition) is 3. The fourth-order valence-electron chi connectivity index (χ4n) is 7.71. The van der Waals surface area contributed by atoms with E-state index in [1.807, 2.05) is 41.5 Å². The van der Waals surface area contributed by atoms with Crippen LogP contribution < -0.4 is 0 Å². The quantitative estimate of drug-likeness (QED) is 0.281. The Hall–Kier alpha value is -0.160. The van der Waals surface area contributed by atoms with Crippen LogP contribution in [-0.4, -0.2) is 103 Å². The lowest BCUT2D eigenvalue weighted by Crippen LogP contribution is -2.65. The summed E-state index contributed by atoms with van der Waals surface area (Å²) in [5, 5.41) is 0. The molecule has 0 aliphatic carbocycles. The SMILES string of the molecule is CC.CC.CC.CC(C)CN1CC2CCC(C1)N2CC(C)C.CC(C)CN1CC2CCC(C1)[N+]2(C)CC(C)C. The molecule has 0 saturated carbocycles. The Bertz CT molecular complexity index is 559. The molecule has 39 heavy (non-hydrogen) atoms. The maximum atomic E-state index is 2.79. The lowest BCUT2D eigenvalue weighted by atomic mass is 10.0. The summed E-state index contributed by atoms with van der Waals surface area (Å²) in [6, 6.07) is 3.55. The van der Waals surface area contributed by atoms with Gasteiger partial charge in [0.25, 0.3) is 0 Å². The van der Waals surface area contributed by atoms with Gasteiger partial charge in [0.15, 0.2) is 0 Å². The molecule has 0 spiro atoms. The summed E-state index contributed by atoms with van der Waals surface area (Å²) in [7, 11) is 2.52. The van der Waals surface area contributed by atoms with E-state index in [9.17, 15) is 0 Å². The zero-order valence-electron chi connectivity index (χ0n) is 29.9. The smallest absolute Gasteiger partial charge is 0.102 e. The fraction of sp³-hybridized carbons (Fsp3) is 1.00. The summed E-state index contributed by atoms with van der Waals surface area (Å²) in [5.41, 5.74) is 0. The largest absolute Gasteiger partial charge is 0.319 e. The highest BCUT2D eigenvalue weighted by Gasteiger charge is 2.50. The van der Waals surface area contributed by atoms with E-state index in [1.165, 1.54) is 82.5 Å². The average molecular weight is 554 g/mol. The minimum Gasteiger partial charge on any atom is -0.319 e. The van der Waals surface area contributed by atoms with Gasteiger partial charge >= 0.3 is 0 Å². The van der Waals surface area contributed by atoms with Crippen molar-refractivity contribution in [1.82, 2.24) is 14.7 Å². The normalized spacial score (nSPS) is 30.2. The molecular weight excluding hydrogens is 476 g/mol. The van der Waals surface area contributed by atoms with Crippen LogP contribution in [0.3, 0.4) is 0 Å². The molecular formula is C35H77N4+. The number of likely N-dealkylation sites (tertiary alicyclic amines) is 2. The van der Waals surface area contributed by atoms with Crippen molar-refractivity contribution in [3.8, 4) is 0 Å². The minimum absolute atomic E-state index is 0.816. The molecule has 4 fully saturated rings. The van der Waals surface area contributed by atoms with Gasteiger partial charge in [-0.25, -0.2) is 0 Å². The van der Waals surface area contributed by atoms with E-state index in [1.54, 1.807) is 0 Å². The van der Waals surface area contributed by atoms with Gasteiger partial charge in [0.2, 0.25) is 0 Å². The lowest BCUT2D eigenvalue weighted by molar-refractivity contribution is -0.950. The van der Waals surface area contributed by atoms with E-state index in [0.29, 0.717) is 0 Å². The molecule has 0 N–H and O–H groups in total. The average Bonchev–Trinajstić information content (AvgIpc) is 3.16. The van der Waals surface area contributed by atoms with Gasteiger partial charge in [-0.1, -0.05) is 96.9 Å². The first kappa shape index (κ1) is 38.8. The van der Waals surface area contributed by atoms with Crippen molar-refractivity contribution in [3.63, 3.8) is 0 Å². The summed E-state index contributed by atoms with van der Waals surface area (Å²) in [6.07, 6.45) is 5.79. The molecule has 4 heterocycles. The van der Waals surface area contributed by atoms with Crippen LogP contribution in [0.1, 0.15) is 123 Å². The third-order valence-electron chi connectivity index (χ3n) is 8.73. The molecule has 0 radical (unpaired) electrons. The molecule has 4 atom stereocenters. The van der Waals surface area contributed by atoms with Gasteiger partial charge in [-0.05, 0) is 30.6 Å².